The van der Waals surface area contributed by atoms with E-state index in [9.17, 15) is 4.79 Å². The van der Waals surface area contributed by atoms with Crippen molar-refractivity contribution in [3.8, 4) is 5.75 Å². The maximum absolute atomic E-state index is 11.9. The summed E-state index contributed by atoms with van der Waals surface area (Å²) < 4.78 is 5.40. The van der Waals surface area contributed by atoms with Crippen molar-refractivity contribution in [1.29, 1.82) is 0 Å². The molecular weight excluding hydrogens is 240 g/mol. The van der Waals surface area contributed by atoms with E-state index in [2.05, 4.69) is 26.2 Å². The van der Waals surface area contributed by atoms with E-state index in [0.29, 0.717) is 0 Å². The Balaban J connectivity index is 3.38. The van der Waals surface area contributed by atoms with Gasteiger partial charge in [-0.1, -0.05) is 32.9 Å². The molecule has 0 aliphatic rings. The molecule has 0 aliphatic carbocycles. The molecule has 0 atom stereocenters. The van der Waals surface area contributed by atoms with Gasteiger partial charge in [-0.3, -0.25) is 10.2 Å². The van der Waals surface area contributed by atoms with Crippen LogP contribution in [0.2, 0.25) is 0 Å². The largest absolute Gasteiger partial charge is 0.496 e. The Morgan fingerprint density at radius 1 is 1.21 bits per heavy atom. The molecule has 3 N–H and O–H groups in total. The summed E-state index contributed by atoms with van der Waals surface area (Å²) in [5, 5.41) is 0. The lowest BCUT2D eigenvalue weighted by Crippen LogP contribution is -2.43. The number of carbonyl (C=O) groups excluding carboxylic acids is 1. The normalized spacial score (nSPS) is 12.2. The van der Waals surface area contributed by atoms with Crippen LogP contribution in [0.5, 0.6) is 5.75 Å². The molecule has 0 bridgehead atoms. The summed E-state index contributed by atoms with van der Waals surface area (Å²) in [6.45, 7) is 10.0. The van der Waals surface area contributed by atoms with Crippen molar-refractivity contribution < 1.29 is 9.53 Å². The number of methoxy groups -OCH3 is 1. The number of carbonyl (C=O) groups is 1. The van der Waals surface area contributed by atoms with Gasteiger partial charge >= 0.3 is 0 Å². The molecule has 0 unspecified atom stereocenters. The number of rotatable bonds is 3. The second kappa shape index (κ2) is 5.21. The van der Waals surface area contributed by atoms with Gasteiger partial charge in [-0.05, 0) is 36.5 Å². The van der Waals surface area contributed by atoms with Crippen molar-refractivity contribution in [2.75, 3.05) is 7.11 Å². The topological polar surface area (TPSA) is 64.3 Å². The minimum Gasteiger partial charge on any atom is -0.496 e. The smallest absolute Gasteiger partial charge is 0.243 e. The van der Waals surface area contributed by atoms with Gasteiger partial charge in [0.15, 0.2) is 0 Å². The molecule has 4 heteroatoms. The molecule has 0 fully saturated rings. The van der Waals surface area contributed by atoms with Gasteiger partial charge in [0.25, 0.3) is 0 Å². The Bertz CT molecular complexity index is 474. The molecule has 0 aromatic heterocycles. The first kappa shape index (κ1) is 15.5. The third kappa shape index (κ3) is 3.07. The Morgan fingerprint density at radius 2 is 1.79 bits per heavy atom. The fraction of sp³-hybridized carbons (Fsp3) is 0.533. The maximum atomic E-state index is 11.9. The fourth-order valence-corrected chi connectivity index (χ4v) is 1.99. The van der Waals surface area contributed by atoms with Gasteiger partial charge in [-0.25, -0.2) is 5.84 Å². The van der Waals surface area contributed by atoms with Gasteiger partial charge in [0.2, 0.25) is 5.91 Å². The van der Waals surface area contributed by atoms with E-state index in [4.69, 9.17) is 10.6 Å². The molecule has 0 radical (unpaired) electrons. The van der Waals surface area contributed by atoms with Crippen LogP contribution in [-0.4, -0.2) is 13.0 Å². The van der Waals surface area contributed by atoms with E-state index in [-0.39, 0.29) is 11.3 Å². The molecule has 0 aliphatic heterocycles. The number of hydrogen-bond acceptors (Lipinski definition) is 3. The minimum absolute atomic E-state index is 0.0589. The highest BCUT2D eigenvalue weighted by molar-refractivity contribution is 5.86. The number of hydrogen-bond donors (Lipinski definition) is 2. The summed E-state index contributed by atoms with van der Waals surface area (Å²) >= 11 is 0. The highest BCUT2D eigenvalue weighted by Gasteiger charge is 2.31. The Hall–Kier alpha value is -1.55. The Morgan fingerprint density at radius 3 is 2.21 bits per heavy atom. The van der Waals surface area contributed by atoms with Gasteiger partial charge < -0.3 is 4.74 Å². The summed E-state index contributed by atoms with van der Waals surface area (Å²) in [5.41, 5.74) is 3.47. The zero-order chi connectivity index (χ0) is 14.8. The molecule has 0 heterocycles. The number of ether oxygens (including phenoxy) is 1. The number of amides is 1. The van der Waals surface area contributed by atoms with Crippen LogP contribution in [0.1, 0.15) is 45.7 Å². The second-order valence-electron chi connectivity index (χ2n) is 6.26. The van der Waals surface area contributed by atoms with Crippen LogP contribution >= 0.6 is 0 Å². The molecule has 1 amide bonds. The van der Waals surface area contributed by atoms with Crippen LogP contribution in [0.3, 0.4) is 0 Å². The van der Waals surface area contributed by atoms with Gasteiger partial charge in [0, 0.05) is 0 Å². The summed E-state index contributed by atoms with van der Waals surface area (Å²) in [6.07, 6.45) is 0. The van der Waals surface area contributed by atoms with E-state index in [1.165, 1.54) is 0 Å². The predicted octanol–water partition coefficient (Wildman–Crippen LogP) is 2.26. The van der Waals surface area contributed by atoms with Crippen molar-refractivity contribution in [1.82, 2.24) is 5.43 Å². The molecule has 4 nitrogen and oxygen atoms in total. The van der Waals surface area contributed by atoms with Crippen molar-refractivity contribution in [2.45, 2.75) is 45.4 Å². The molecule has 1 aromatic rings. The van der Waals surface area contributed by atoms with E-state index in [0.717, 1.165) is 16.9 Å². The number of nitrogens with two attached hydrogens (primary N) is 1. The standard InChI is InChI=1S/C15H24N2O2/c1-14(2,3)11-9-10(7-8-12(11)19-6)15(4,5)13(18)17-16/h7-9H,16H2,1-6H3,(H,17,18). The summed E-state index contributed by atoms with van der Waals surface area (Å²) in [6, 6.07) is 5.83. The third-order valence-electron chi connectivity index (χ3n) is 3.43. The lowest BCUT2D eigenvalue weighted by atomic mass is 9.79. The van der Waals surface area contributed by atoms with E-state index in [1.54, 1.807) is 7.11 Å². The van der Waals surface area contributed by atoms with Crippen LogP contribution < -0.4 is 16.0 Å². The van der Waals surface area contributed by atoms with Crippen molar-refractivity contribution in [2.24, 2.45) is 5.84 Å². The number of benzene rings is 1. The van der Waals surface area contributed by atoms with Crippen molar-refractivity contribution in [3.63, 3.8) is 0 Å². The summed E-state index contributed by atoms with van der Waals surface area (Å²) in [5.74, 6) is 5.87. The van der Waals surface area contributed by atoms with Crippen LogP contribution in [0.15, 0.2) is 18.2 Å². The monoisotopic (exact) mass is 264 g/mol. The van der Waals surface area contributed by atoms with Crippen LogP contribution in [-0.2, 0) is 15.6 Å². The molecule has 19 heavy (non-hydrogen) atoms. The third-order valence-corrected chi connectivity index (χ3v) is 3.43. The number of nitrogens with one attached hydrogen (secondary N) is 1. The van der Waals surface area contributed by atoms with E-state index < -0.39 is 5.41 Å². The first-order valence-corrected chi connectivity index (χ1v) is 6.34. The maximum Gasteiger partial charge on any atom is 0.243 e. The first-order chi connectivity index (χ1) is 8.64. The van der Waals surface area contributed by atoms with Gasteiger partial charge in [0.1, 0.15) is 5.75 Å². The van der Waals surface area contributed by atoms with Gasteiger partial charge in [-0.2, -0.15) is 0 Å². The highest BCUT2D eigenvalue weighted by Crippen LogP contribution is 2.35. The summed E-state index contributed by atoms with van der Waals surface area (Å²) in [7, 11) is 1.65. The first-order valence-electron chi connectivity index (χ1n) is 6.34. The molecule has 0 spiro atoms. The van der Waals surface area contributed by atoms with Crippen LogP contribution in [0, 0.1) is 0 Å². The van der Waals surface area contributed by atoms with E-state index >= 15 is 0 Å². The quantitative estimate of drug-likeness (QED) is 0.500. The molecule has 1 aromatic carbocycles. The Kier molecular flexibility index (Phi) is 4.25. The Labute approximate surface area is 115 Å². The molecule has 106 valence electrons. The number of hydrazine groups is 1. The average molecular weight is 264 g/mol. The van der Waals surface area contributed by atoms with E-state index in [1.807, 2.05) is 32.0 Å². The zero-order valence-corrected chi connectivity index (χ0v) is 12.6. The highest BCUT2D eigenvalue weighted by atomic mass is 16.5. The lowest BCUT2D eigenvalue weighted by Gasteiger charge is -2.27. The zero-order valence-electron chi connectivity index (χ0n) is 12.6. The molecular formula is C15H24N2O2. The summed E-state index contributed by atoms with van der Waals surface area (Å²) in [4.78, 5) is 11.9. The van der Waals surface area contributed by atoms with Crippen LogP contribution in [0.4, 0.5) is 0 Å². The van der Waals surface area contributed by atoms with Crippen molar-refractivity contribution >= 4 is 5.91 Å². The van der Waals surface area contributed by atoms with Gasteiger partial charge in [-0.15, -0.1) is 0 Å². The molecule has 0 saturated carbocycles. The van der Waals surface area contributed by atoms with Crippen LogP contribution in [0.25, 0.3) is 0 Å². The average Bonchev–Trinajstić information content (AvgIpc) is 2.35. The lowest BCUT2D eigenvalue weighted by molar-refractivity contribution is -0.125. The second-order valence-corrected chi connectivity index (χ2v) is 6.26. The SMILES string of the molecule is COc1ccc(C(C)(C)C(=O)NN)cc1C(C)(C)C. The van der Waals surface area contributed by atoms with Crippen molar-refractivity contribution in [3.05, 3.63) is 29.3 Å². The molecule has 0 saturated heterocycles. The van der Waals surface area contributed by atoms with Gasteiger partial charge in [0.05, 0.1) is 12.5 Å². The predicted molar refractivity (Wildman–Crippen MR) is 77.1 cm³/mol. The molecule has 1 rings (SSSR count). The fourth-order valence-electron chi connectivity index (χ4n) is 1.99. The minimum atomic E-state index is -0.680.